The molecule has 1 aliphatic heterocycles. The number of anilines is 1. The first-order valence-corrected chi connectivity index (χ1v) is 10.4. The van der Waals surface area contributed by atoms with E-state index >= 15 is 0 Å². The van der Waals surface area contributed by atoms with Gasteiger partial charge in [0.05, 0.1) is 28.6 Å². The number of benzene rings is 2. The highest BCUT2D eigenvalue weighted by Gasteiger charge is 2.45. The van der Waals surface area contributed by atoms with E-state index in [0.717, 1.165) is 11.1 Å². The van der Waals surface area contributed by atoms with Gasteiger partial charge in [-0.25, -0.2) is 0 Å². The van der Waals surface area contributed by atoms with E-state index in [2.05, 4.69) is 0 Å². The number of ketones is 1. The van der Waals surface area contributed by atoms with Crippen molar-refractivity contribution in [1.29, 1.82) is 0 Å². The van der Waals surface area contributed by atoms with Crippen LogP contribution in [0.25, 0.3) is 0 Å². The third-order valence-corrected chi connectivity index (χ3v) is 6.13. The fourth-order valence-electron chi connectivity index (χ4n) is 3.60. The number of carbonyl (C=O) groups excluding carboxylic acids is 2. The number of aryl methyl sites for hydroxylation is 1. The van der Waals surface area contributed by atoms with Gasteiger partial charge in [-0.2, -0.15) is 0 Å². The minimum atomic E-state index is -0.781. The van der Waals surface area contributed by atoms with Crippen LogP contribution in [0.15, 0.2) is 71.3 Å². The lowest BCUT2D eigenvalue weighted by molar-refractivity contribution is -0.117. The lowest BCUT2D eigenvalue weighted by Gasteiger charge is -2.27. The van der Waals surface area contributed by atoms with Crippen molar-refractivity contribution in [2.24, 2.45) is 0 Å². The van der Waals surface area contributed by atoms with Crippen LogP contribution >= 0.6 is 22.9 Å². The summed E-state index contributed by atoms with van der Waals surface area (Å²) in [5, 5.41) is 12.8. The van der Waals surface area contributed by atoms with Crippen LogP contribution in [-0.2, 0) is 4.79 Å². The van der Waals surface area contributed by atoms with Gasteiger partial charge >= 0.3 is 0 Å². The van der Waals surface area contributed by atoms with Gasteiger partial charge in [0.25, 0.3) is 5.91 Å². The zero-order valence-corrected chi connectivity index (χ0v) is 17.8. The average molecular weight is 440 g/mol. The number of hydrogen-bond donors (Lipinski definition) is 1. The Hall–Kier alpha value is -3.09. The number of aliphatic hydroxyl groups excluding tert-OH is 1. The lowest BCUT2D eigenvalue weighted by Crippen LogP contribution is -2.31. The zero-order chi connectivity index (χ0) is 21.4. The van der Waals surface area contributed by atoms with Crippen LogP contribution in [0.3, 0.4) is 0 Å². The second kappa shape index (κ2) is 7.97. The molecule has 3 aromatic rings. The Bertz CT molecular complexity index is 1170. The number of aliphatic hydroxyl groups is 1. The molecule has 0 fully saturated rings. The van der Waals surface area contributed by atoms with E-state index < -0.39 is 17.7 Å². The molecule has 1 N–H and O–H groups in total. The van der Waals surface area contributed by atoms with Crippen molar-refractivity contribution in [3.05, 3.63) is 92.3 Å². The molecule has 0 radical (unpaired) electrons. The highest BCUT2D eigenvalue weighted by atomic mass is 35.5. The molecule has 1 atom stereocenters. The third-order valence-electron chi connectivity index (χ3n) is 4.97. The molecular weight excluding hydrogens is 422 g/mol. The monoisotopic (exact) mass is 439 g/mol. The van der Waals surface area contributed by atoms with Gasteiger partial charge in [0, 0.05) is 5.69 Å². The Morgan fingerprint density at radius 1 is 1.17 bits per heavy atom. The smallest absolute Gasteiger partial charge is 0.294 e. The molecule has 1 aromatic heterocycles. The van der Waals surface area contributed by atoms with E-state index in [1.165, 1.54) is 23.3 Å². The van der Waals surface area contributed by atoms with Crippen molar-refractivity contribution in [3.63, 3.8) is 0 Å². The second-order valence-electron chi connectivity index (χ2n) is 6.88. The minimum Gasteiger partial charge on any atom is -0.503 e. The highest BCUT2D eigenvalue weighted by Crippen LogP contribution is 2.43. The number of rotatable bonds is 5. The van der Waals surface area contributed by atoms with Gasteiger partial charge < -0.3 is 9.84 Å². The van der Waals surface area contributed by atoms with Gasteiger partial charge in [0.15, 0.2) is 5.76 Å². The molecule has 1 amide bonds. The Balaban J connectivity index is 1.89. The van der Waals surface area contributed by atoms with Gasteiger partial charge in [-0.1, -0.05) is 47.5 Å². The molecule has 0 saturated carbocycles. The molecule has 0 bridgehead atoms. The standard InChI is InChI=1S/C23H18ClNO4S/c1-13-5-3-6-14(11-13)20-19(21(26)18-7-4-10-30-18)22(27)23(28)25(20)15-8-9-17(29-2)16(24)12-15/h3-12,20,27H,1-2H3. The first-order valence-electron chi connectivity index (χ1n) is 9.17. The summed E-state index contributed by atoms with van der Waals surface area (Å²) in [5.74, 6) is -1.11. The number of ether oxygens (including phenoxy) is 1. The zero-order valence-electron chi connectivity index (χ0n) is 16.3. The lowest BCUT2D eigenvalue weighted by atomic mass is 9.94. The molecular formula is C23H18ClNO4S. The molecule has 0 saturated heterocycles. The maximum Gasteiger partial charge on any atom is 0.294 e. The number of amides is 1. The Morgan fingerprint density at radius 3 is 2.60 bits per heavy atom. The van der Waals surface area contributed by atoms with Crippen molar-refractivity contribution in [1.82, 2.24) is 0 Å². The molecule has 1 aliphatic rings. The van der Waals surface area contributed by atoms with Crippen molar-refractivity contribution in [3.8, 4) is 5.75 Å². The molecule has 0 aliphatic carbocycles. The van der Waals surface area contributed by atoms with Crippen molar-refractivity contribution in [2.45, 2.75) is 13.0 Å². The normalized spacial score (nSPS) is 16.3. The SMILES string of the molecule is COc1ccc(N2C(=O)C(O)=C(C(=O)c3cccs3)C2c2cccc(C)c2)cc1Cl. The van der Waals surface area contributed by atoms with Crippen LogP contribution < -0.4 is 9.64 Å². The summed E-state index contributed by atoms with van der Waals surface area (Å²) in [6.45, 7) is 1.93. The van der Waals surface area contributed by atoms with Crippen molar-refractivity contribution in [2.75, 3.05) is 12.0 Å². The number of carbonyl (C=O) groups is 2. The summed E-state index contributed by atoms with van der Waals surface area (Å²) in [4.78, 5) is 28.2. The molecule has 152 valence electrons. The Labute approximate surface area is 182 Å². The van der Waals surface area contributed by atoms with E-state index in [9.17, 15) is 14.7 Å². The van der Waals surface area contributed by atoms with Gasteiger partial charge in [-0.15, -0.1) is 11.3 Å². The molecule has 0 spiro atoms. The number of Topliss-reactive ketones (excluding diaryl/α,β-unsaturated/α-hetero) is 1. The predicted octanol–water partition coefficient (Wildman–Crippen LogP) is 5.50. The largest absolute Gasteiger partial charge is 0.503 e. The summed E-state index contributed by atoms with van der Waals surface area (Å²) in [5.41, 5.74) is 2.21. The summed E-state index contributed by atoms with van der Waals surface area (Å²) >= 11 is 7.55. The van der Waals surface area contributed by atoms with E-state index in [1.807, 2.05) is 31.2 Å². The van der Waals surface area contributed by atoms with Gasteiger partial charge in [0.1, 0.15) is 5.75 Å². The Morgan fingerprint density at radius 2 is 1.97 bits per heavy atom. The number of halogens is 1. The van der Waals surface area contributed by atoms with Crippen LogP contribution in [0.5, 0.6) is 5.75 Å². The average Bonchev–Trinajstić information content (AvgIpc) is 3.35. The Kier molecular flexibility index (Phi) is 5.37. The fourth-order valence-corrected chi connectivity index (χ4v) is 4.53. The van der Waals surface area contributed by atoms with Crippen LogP contribution in [0, 0.1) is 6.92 Å². The first-order chi connectivity index (χ1) is 14.4. The molecule has 4 rings (SSSR count). The van der Waals surface area contributed by atoms with E-state index in [1.54, 1.807) is 35.7 Å². The minimum absolute atomic E-state index is 0.0555. The van der Waals surface area contributed by atoms with Gasteiger partial charge in [-0.05, 0) is 42.1 Å². The molecule has 5 nitrogen and oxygen atoms in total. The van der Waals surface area contributed by atoms with E-state index in [-0.39, 0.29) is 11.4 Å². The number of nitrogens with zero attached hydrogens (tertiary/aromatic N) is 1. The van der Waals surface area contributed by atoms with Gasteiger partial charge in [0.2, 0.25) is 5.78 Å². The molecule has 2 heterocycles. The van der Waals surface area contributed by atoms with Crippen molar-refractivity contribution < 1.29 is 19.4 Å². The number of methoxy groups -OCH3 is 1. The van der Waals surface area contributed by atoms with Crippen LogP contribution in [0.2, 0.25) is 5.02 Å². The topological polar surface area (TPSA) is 66.8 Å². The number of hydrogen-bond acceptors (Lipinski definition) is 5. The van der Waals surface area contributed by atoms with E-state index in [0.29, 0.717) is 21.3 Å². The number of thiophene rings is 1. The fraction of sp³-hybridized carbons (Fsp3) is 0.130. The first kappa shape index (κ1) is 20.2. The summed E-state index contributed by atoms with van der Waals surface area (Å²) in [6, 6.07) is 15.1. The predicted molar refractivity (Wildman–Crippen MR) is 118 cm³/mol. The van der Waals surface area contributed by atoms with Crippen molar-refractivity contribution >= 4 is 40.3 Å². The molecule has 2 aromatic carbocycles. The summed E-state index contributed by atoms with van der Waals surface area (Å²) in [7, 11) is 1.50. The summed E-state index contributed by atoms with van der Waals surface area (Å²) < 4.78 is 5.20. The molecule has 7 heteroatoms. The van der Waals surface area contributed by atoms with Crippen LogP contribution in [0.1, 0.15) is 26.8 Å². The quantitative estimate of drug-likeness (QED) is 0.533. The van der Waals surface area contributed by atoms with Crippen LogP contribution in [-0.4, -0.2) is 23.9 Å². The second-order valence-corrected chi connectivity index (χ2v) is 8.23. The van der Waals surface area contributed by atoms with E-state index in [4.69, 9.17) is 16.3 Å². The summed E-state index contributed by atoms with van der Waals surface area (Å²) in [6.07, 6.45) is 0. The third kappa shape index (κ3) is 3.38. The molecule has 1 unspecified atom stereocenters. The van der Waals surface area contributed by atoms with Crippen LogP contribution in [0.4, 0.5) is 5.69 Å². The van der Waals surface area contributed by atoms with Gasteiger partial charge in [-0.3, -0.25) is 14.5 Å². The molecule has 30 heavy (non-hydrogen) atoms. The highest BCUT2D eigenvalue weighted by molar-refractivity contribution is 7.12. The maximum atomic E-state index is 13.2. The maximum absolute atomic E-state index is 13.2.